The maximum Gasteiger partial charge on any atom is 0.312 e. The van der Waals surface area contributed by atoms with Crippen LogP contribution in [-0.2, 0) is 21.2 Å². The molecular weight excluding hydrogens is 336 g/mol. The topological polar surface area (TPSA) is 115 Å². The smallest absolute Gasteiger partial charge is 0.312 e. The molecule has 0 radical (unpaired) electrons. The third kappa shape index (κ3) is 3.14. The molecule has 0 N–H and O–H groups in total. The largest absolute Gasteiger partial charge is 0.334 e. The lowest BCUT2D eigenvalue weighted by Gasteiger charge is -2.28. The predicted molar refractivity (Wildman–Crippen MR) is 85.3 cm³/mol. The zero-order valence-electron chi connectivity index (χ0n) is 13.6. The van der Waals surface area contributed by atoms with Crippen LogP contribution in [0.3, 0.4) is 0 Å². The summed E-state index contributed by atoms with van der Waals surface area (Å²) in [6.07, 6.45) is 2.21. The highest BCUT2D eigenvalue weighted by atomic mass is 32.2. The zero-order chi connectivity index (χ0) is 17.6. The zero-order valence-corrected chi connectivity index (χ0v) is 14.5. The lowest BCUT2D eigenvalue weighted by atomic mass is 10.2. The summed E-state index contributed by atoms with van der Waals surface area (Å²) in [4.78, 5) is 25.0. The summed E-state index contributed by atoms with van der Waals surface area (Å²) in [5.41, 5.74) is 0.525. The molecule has 3 rings (SSSR count). The molecule has 0 aromatic carbocycles. The third-order valence-corrected chi connectivity index (χ3v) is 6.39. The Morgan fingerprint density at radius 1 is 1.33 bits per heavy atom. The number of nitro groups is 1. The molecule has 0 spiro atoms. The van der Waals surface area contributed by atoms with Gasteiger partial charge in [-0.15, -0.1) is 0 Å². The van der Waals surface area contributed by atoms with Crippen molar-refractivity contribution in [3.63, 3.8) is 0 Å². The van der Waals surface area contributed by atoms with Crippen LogP contribution in [0.25, 0.3) is 0 Å². The molecule has 1 unspecified atom stereocenters. The fourth-order valence-electron chi connectivity index (χ4n) is 3.37. The quantitative estimate of drug-likeness (QED) is 0.563. The van der Waals surface area contributed by atoms with E-state index in [1.807, 2.05) is 0 Å². The molecule has 132 valence electrons. The van der Waals surface area contributed by atoms with Gasteiger partial charge in [-0.1, -0.05) is 0 Å². The van der Waals surface area contributed by atoms with Gasteiger partial charge in [0, 0.05) is 12.1 Å². The van der Waals surface area contributed by atoms with Crippen LogP contribution in [0.4, 0.5) is 5.69 Å². The van der Waals surface area contributed by atoms with Crippen LogP contribution >= 0.6 is 0 Å². The highest BCUT2D eigenvalue weighted by molar-refractivity contribution is 7.91. The molecule has 1 aliphatic heterocycles. The highest BCUT2D eigenvalue weighted by Crippen LogP contribution is 2.32. The molecule has 10 heteroatoms. The van der Waals surface area contributed by atoms with E-state index in [9.17, 15) is 23.3 Å². The Morgan fingerprint density at radius 2 is 2.00 bits per heavy atom. The molecule has 1 aliphatic carbocycles. The van der Waals surface area contributed by atoms with Crippen molar-refractivity contribution in [1.29, 1.82) is 0 Å². The Hall–Kier alpha value is -1.97. The van der Waals surface area contributed by atoms with Gasteiger partial charge >= 0.3 is 5.69 Å². The number of sulfone groups is 1. The maximum atomic E-state index is 12.7. The summed E-state index contributed by atoms with van der Waals surface area (Å²) in [6, 6.07) is -0.204. The molecular formula is C14H20N4O5S. The van der Waals surface area contributed by atoms with E-state index in [0.29, 0.717) is 12.1 Å². The first-order chi connectivity index (χ1) is 11.2. The number of amides is 1. The monoisotopic (exact) mass is 356 g/mol. The van der Waals surface area contributed by atoms with Gasteiger partial charge < -0.3 is 4.90 Å². The maximum absolute atomic E-state index is 12.7. The van der Waals surface area contributed by atoms with E-state index >= 15 is 0 Å². The molecule has 1 amide bonds. The second kappa shape index (κ2) is 5.83. The van der Waals surface area contributed by atoms with Crippen LogP contribution in [0.1, 0.15) is 30.7 Å². The lowest BCUT2D eigenvalue weighted by molar-refractivity contribution is -0.386. The second-order valence-electron chi connectivity index (χ2n) is 6.52. The van der Waals surface area contributed by atoms with Crippen LogP contribution in [0.15, 0.2) is 0 Å². The van der Waals surface area contributed by atoms with E-state index in [2.05, 4.69) is 5.10 Å². The van der Waals surface area contributed by atoms with Crippen molar-refractivity contribution in [2.24, 2.45) is 0 Å². The van der Waals surface area contributed by atoms with Gasteiger partial charge in [0.25, 0.3) is 0 Å². The summed E-state index contributed by atoms with van der Waals surface area (Å²) in [6.45, 7) is 2.99. The van der Waals surface area contributed by atoms with Crippen molar-refractivity contribution in [2.45, 2.75) is 51.7 Å². The second-order valence-corrected chi connectivity index (χ2v) is 8.75. The van der Waals surface area contributed by atoms with E-state index in [1.165, 1.54) is 11.6 Å². The molecule has 1 atom stereocenters. The lowest BCUT2D eigenvalue weighted by Crippen LogP contribution is -2.44. The number of hydrogen-bond donors (Lipinski definition) is 0. The van der Waals surface area contributed by atoms with Crippen molar-refractivity contribution in [3.8, 4) is 0 Å². The molecule has 1 aromatic heterocycles. The van der Waals surface area contributed by atoms with Crippen LogP contribution in [0.5, 0.6) is 0 Å². The Kier molecular flexibility index (Phi) is 4.10. The molecule has 1 saturated carbocycles. The minimum absolute atomic E-state index is 0.00645. The van der Waals surface area contributed by atoms with Gasteiger partial charge in [0.2, 0.25) is 5.91 Å². The molecule has 2 heterocycles. The minimum atomic E-state index is -3.08. The number of carbonyl (C=O) groups excluding carboxylic acids is 1. The Morgan fingerprint density at radius 3 is 2.46 bits per heavy atom. The van der Waals surface area contributed by atoms with E-state index < -0.39 is 14.8 Å². The van der Waals surface area contributed by atoms with Gasteiger partial charge in [0.15, 0.2) is 9.84 Å². The predicted octanol–water partition coefficient (Wildman–Crippen LogP) is 0.586. The Labute approximate surface area is 139 Å². The van der Waals surface area contributed by atoms with Gasteiger partial charge in [-0.3, -0.25) is 19.6 Å². The molecule has 24 heavy (non-hydrogen) atoms. The SMILES string of the molecule is Cc1nn(CC(=O)N(C2CC2)C2CCS(=O)(=O)C2)c(C)c1[N+](=O)[O-]. The summed E-state index contributed by atoms with van der Waals surface area (Å²) < 4.78 is 24.8. The van der Waals surface area contributed by atoms with E-state index in [0.717, 1.165) is 12.8 Å². The average molecular weight is 356 g/mol. The van der Waals surface area contributed by atoms with Crippen molar-refractivity contribution in [1.82, 2.24) is 14.7 Å². The molecule has 0 bridgehead atoms. The molecule has 2 aliphatic rings. The van der Waals surface area contributed by atoms with Gasteiger partial charge in [-0.05, 0) is 33.1 Å². The standard InChI is InChI=1S/C14H20N4O5S/c1-9-14(18(20)21)10(2)16(15-9)7-13(19)17(11-3-4-11)12-5-6-24(22,23)8-12/h11-12H,3-8H2,1-2H3. The van der Waals surface area contributed by atoms with Crippen LogP contribution in [0.2, 0.25) is 0 Å². The number of rotatable bonds is 5. The Bertz CT molecular complexity index is 796. The first-order valence-corrected chi connectivity index (χ1v) is 9.71. The van der Waals surface area contributed by atoms with Crippen molar-refractivity contribution in [2.75, 3.05) is 11.5 Å². The van der Waals surface area contributed by atoms with E-state index in [1.54, 1.807) is 11.8 Å². The molecule has 1 aromatic rings. The molecule has 1 saturated heterocycles. The van der Waals surface area contributed by atoms with Gasteiger partial charge in [-0.25, -0.2) is 8.42 Å². The summed E-state index contributed by atoms with van der Waals surface area (Å²) in [5, 5.41) is 15.2. The Balaban J connectivity index is 1.80. The minimum Gasteiger partial charge on any atom is -0.334 e. The van der Waals surface area contributed by atoms with Gasteiger partial charge in [-0.2, -0.15) is 5.10 Å². The number of aromatic nitrogens is 2. The fourth-order valence-corrected chi connectivity index (χ4v) is 5.08. The fraction of sp³-hybridized carbons (Fsp3) is 0.714. The summed E-state index contributed by atoms with van der Waals surface area (Å²) in [7, 11) is -3.08. The van der Waals surface area contributed by atoms with Gasteiger partial charge in [0.1, 0.15) is 17.9 Å². The normalized spacial score (nSPS) is 22.5. The van der Waals surface area contributed by atoms with Gasteiger partial charge in [0.05, 0.1) is 16.4 Å². The molecule has 2 fully saturated rings. The number of carbonyl (C=O) groups is 1. The number of hydrogen-bond acceptors (Lipinski definition) is 6. The third-order valence-electron chi connectivity index (χ3n) is 4.64. The van der Waals surface area contributed by atoms with E-state index in [4.69, 9.17) is 0 Å². The van der Waals surface area contributed by atoms with Crippen LogP contribution in [0, 0.1) is 24.0 Å². The molecule has 9 nitrogen and oxygen atoms in total. The number of aryl methyl sites for hydroxylation is 1. The first-order valence-electron chi connectivity index (χ1n) is 7.89. The average Bonchev–Trinajstić information content (AvgIpc) is 3.15. The van der Waals surface area contributed by atoms with Crippen molar-refractivity contribution in [3.05, 3.63) is 21.5 Å². The van der Waals surface area contributed by atoms with Crippen molar-refractivity contribution < 1.29 is 18.1 Å². The highest BCUT2D eigenvalue weighted by Gasteiger charge is 2.42. The summed E-state index contributed by atoms with van der Waals surface area (Å²) in [5.74, 6) is -0.105. The van der Waals surface area contributed by atoms with Crippen molar-refractivity contribution >= 4 is 21.4 Å². The van der Waals surface area contributed by atoms with Crippen LogP contribution in [-0.4, -0.2) is 57.5 Å². The first kappa shape index (κ1) is 16.9. The van der Waals surface area contributed by atoms with E-state index in [-0.39, 0.29) is 47.4 Å². The van der Waals surface area contributed by atoms with Crippen LogP contribution < -0.4 is 0 Å². The summed E-state index contributed by atoms with van der Waals surface area (Å²) >= 11 is 0. The number of nitrogens with zero attached hydrogens (tertiary/aromatic N) is 4.